The molecule has 0 amide bonds. The molecular formula is C13H23N3O. The first-order valence-electron chi connectivity index (χ1n) is 5.65. The Hall–Kier alpha value is -1.10. The summed E-state index contributed by atoms with van der Waals surface area (Å²) in [6.45, 7) is 0. The van der Waals surface area contributed by atoms with Gasteiger partial charge in [0.25, 0.3) is 0 Å². The third-order valence-electron chi connectivity index (χ3n) is 3.13. The van der Waals surface area contributed by atoms with Crippen LogP contribution >= 0.6 is 0 Å². The smallest absolute Gasteiger partial charge is 0.156 e. The normalized spacial score (nSPS) is 12.8. The lowest BCUT2D eigenvalue weighted by molar-refractivity contribution is -0.116. The number of nitrogens with zero attached hydrogens (tertiary/aromatic N) is 3. The van der Waals surface area contributed by atoms with Crippen LogP contribution in [0, 0.1) is 0 Å². The average Bonchev–Trinajstić information content (AvgIpc) is 2.20. The largest absolute Gasteiger partial charge is 0.508 e. The van der Waals surface area contributed by atoms with Crippen LogP contribution in [0.3, 0.4) is 0 Å². The minimum absolute atomic E-state index is 0.291. The number of phenols is 1. The van der Waals surface area contributed by atoms with E-state index in [4.69, 9.17) is 0 Å². The summed E-state index contributed by atoms with van der Waals surface area (Å²) in [5, 5.41) is 9.40. The van der Waals surface area contributed by atoms with Crippen LogP contribution in [-0.4, -0.2) is 62.1 Å². The molecule has 0 atom stereocenters. The summed E-state index contributed by atoms with van der Waals surface area (Å²) in [5.41, 5.74) is 1.12. The molecule has 0 aliphatic rings. The van der Waals surface area contributed by atoms with Gasteiger partial charge in [-0.1, -0.05) is 12.1 Å². The topological polar surface area (TPSA) is 30.0 Å². The Balaban J connectivity index is 3.36. The van der Waals surface area contributed by atoms with Gasteiger partial charge in [0.1, 0.15) is 5.75 Å². The predicted molar refractivity (Wildman–Crippen MR) is 70.8 cm³/mol. The van der Waals surface area contributed by atoms with Crippen LogP contribution in [0.2, 0.25) is 0 Å². The van der Waals surface area contributed by atoms with Gasteiger partial charge in [0.2, 0.25) is 0 Å². The number of rotatable bonds is 4. The zero-order chi connectivity index (χ0) is 13.2. The van der Waals surface area contributed by atoms with Gasteiger partial charge in [-0.3, -0.25) is 14.7 Å². The van der Waals surface area contributed by atoms with E-state index in [9.17, 15) is 5.11 Å². The van der Waals surface area contributed by atoms with Crippen molar-refractivity contribution in [3.63, 3.8) is 0 Å². The van der Waals surface area contributed by atoms with E-state index in [0.29, 0.717) is 5.75 Å². The van der Waals surface area contributed by atoms with Crippen molar-refractivity contribution in [1.29, 1.82) is 0 Å². The first kappa shape index (κ1) is 14.0. The highest BCUT2D eigenvalue weighted by atomic mass is 16.3. The van der Waals surface area contributed by atoms with Gasteiger partial charge in [-0.15, -0.1) is 0 Å². The maximum Gasteiger partial charge on any atom is 0.156 e. The third kappa shape index (κ3) is 2.29. The molecular weight excluding hydrogens is 214 g/mol. The van der Waals surface area contributed by atoms with Crippen molar-refractivity contribution >= 4 is 0 Å². The van der Waals surface area contributed by atoms with E-state index in [-0.39, 0.29) is 5.79 Å². The second-order valence-electron chi connectivity index (χ2n) is 4.87. The van der Waals surface area contributed by atoms with Crippen LogP contribution in [-0.2, 0) is 5.79 Å². The van der Waals surface area contributed by atoms with Crippen LogP contribution < -0.4 is 0 Å². The van der Waals surface area contributed by atoms with Crippen LogP contribution in [0.4, 0.5) is 0 Å². The molecule has 1 N–H and O–H groups in total. The second kappa shape index (κ2) is 5.04. The van der Waals surface area contributed by atoms with E-state index in [2.05, 4.69) is 14.7 Å². The summed E-state index contributed by atoms with van der Waals surface area (Å²) in [6.07, 6.45) is 0. The fourth-order valence-electron chi connectivity index (χ4n) is 2.66. The first-order valence-corrected chi connectivity index (χ1v) is 5.65. The minimum atomic E-state index is -0.326. The van der Waals surface area contributed by atoms with E-state index in [0.717, 1.165) is 5.56 Å². The van der Waals surface area contributed by atoms with Crippen molar-refractivity contribution < 1.29 is 5.11 Å². The minimum Gasteiger partial charge on any atom is -0.508 e. The van der Waals surface area contributed by atoms with Crippen molar-refractivity contribution in [2.45, 2.75) is 5.79 Å². The lowest BCUT2D eigenvalue weighted by Gasteiger charge is -2.50. The molecule has 0 fully saturated rings. The lowest BCUT2D eigenvalue weighted by Crippen LogP contribution is -2.61. The Bertz CT molecular complexity index is 336. The Labute approximate surface area is 104 Å². The highest BCUT2D eigenvalue weighted by Gasteiger charge is 2.39. The van der Waals surface area contributed by atoms with Crippen molar-refractivity contribution in [2.75, 3.05) is 42.3 Å². The van der Waals surface area contributed by atoms with E-state index in [1.54, 1.807) is 12.1 Å². The summed E-state index contributed by atoms with van der Waals surface area (Å²) in [6, 6.07) is 7.35. The number of hydrogen-bond donors (Lipinski definition) is 1. The number of hydrogen-bond acceptors (Lipinski definition) is 4. The molecule has 0 unspecified atom stereocenters. The summed E-state index contributed by atoms with van der Waals surface area (Å²) < 4.78 is 0. The molecule has 4 nitrogen and oxygen atoms in total. The van der Waals surface area contributed by atoms with E-state index >= 15 is 0 Å². The molecule has 0 heterocycles. The zero-order valence-corrected chi connectivity index (χ0v) is 11.6. The molecule has 1 rings (SSSR count). The average molecular weight is 237 g/mol. The van der Waals surface area contributed by atoms with Crippen LogP contribution in [0.5, 0.6) is 5.75 Å². The predicted octanol–water partition coefficient (Wildman–Crippen LogP) is 1.19. The van der Waals surface area contributed by atoms with Gasteiger partial charge in [0.05, 0.1) is 0 Å². The lowest BCUT2D eigenvalue weighted by atomic mass is 10.0. The maximum atomic E-state index is 9.40. The van der Waals surface area contributed by atoms with Crippen molar-refractivity contribution in [3.8, 4) is 5.75 Å². The van der Waals surface area contributed by atoms with Gasteiger partial charge in [-0.25, -0.2) is 0 Å². The molecule has 0 saturated heterocycles. The standard InChI is InChI=1S/C13H23N3O/c1-14(2)13(15(3)4,16(5)6)11-7-9-12(17)10-8-11/h7-10,17H,1-6H3. The van der Waals surface area contributed by atoms with Crippen molar-refractivity contribution in [1.82, 2.24) is 14.7 Å². The summed E-state index contributed by atoms with van der Waals surface area (Å²) in [5.74, 6) is -0.0350. The number of aromatic hydroxyl groups is 1. The highest BCUT2D eigenvalue weighted by Crippen LogP contribution is 2.31. The molecule has 17 heavy (non-hydrogen) atoms. The van der Waals surface area contributed by atoms with Gasteiger partial charge in [-0.05, 0) is 54.4 Å². The molecule has 0 aliphatic carbocycles. The molecule has 1 aromatic rings. The van der Waals surface area contributed by atoms with Crippen LogP contribution in [0.25, 0.3) is 0 Å². The fourth-order valence-corrected chi connectivity index (χ4v) is 2.66. The first-order chi connectivity index (χ1) is 7.83. The van der Waals surface area contributed by atoms with Crippen LogP contribution in [0.1, 0.15) is 5.56 Å². The van der Waals surface area contributed by atoms with Crippen molar-refractivity contribution in [3.05, 3.63) is 29.8 Å². The van der Waals surface area contributed by atoms with Gasteiger partial charge in [0.15, 0.2) is 5.79 Å². The molecule has 0 spiro atoms. The summed E-state index contributed by atoms with van der Waals surface area (Å²) in [7, 11) is 12.3. The van der Waals surface area contributed by atoms with E-state index in [1.165, 1.54) is 0 Å². The number of phenolic OH excluding ortho intramolecular Hbond substituents is 1. The molecule has 0 aromatic heterocycles. The quantitative estimate of drug-likeness (QED) is 0.797. The molecule has 96 valence electrons. The Morgan fingerprint density at radius 1 is 0.765 bits per heavy atom. The summed E-state index contributed by atoms with van der Waals surface area (Å²) in [4.78, 5) is 6.46. The molecule has 4 heteroatoms. The molecule has 0 bridgehead atoms. The Morgan fingerprint density at radius 2 is 1.12 bits per heavy atom. The van der Waals surface area contributed by atoms with Crippen molar-refractivity contribution in [2.24, 2.45) is 0 Å². The Kier molecular flexibility index (Phi) is 4.14. The van der Waals surface area contributed by atoms with Gasteiger partial charge in [-0.2, -0.15) is 0 Å². The summed E-state index contributed by atoms with van der Waals surface area (Å²) >= 11 is 0. The SMILES string of the molecule is CN(C)C(c1ccc(O)cc1)(N(C)C)N(C)C. The molecule has 0 aliphatic heterocycles. The van der Waals surface area contributed by atoms with E-state index < -0.39 is 0 Å². The maximum absolute atomic E-state index is 9.40. The Morgan fingerprint density at radius 3 is 1.41 bits per heavy atom. The molecule has 1 aromatic carbocycles. The van der Waals surface area contributed by atoms with Gasteiger partial charge in [0, 0.05) is 5.56 Å². The number of benzene rings is 1. The second-order valence-corrected chi connectivity index (χ2v) is 4.87. The fraction of sp³-hybridized carbons (Fsp3) is 0.538. The van der Waals surface area contributed by atoms with E-state index in [1.807, 2.05) is 54.4 Å². The third-order valence-corrected chi connectivity index (χ3v) is 3.13. The van der Waals surface area contributed by atoms with Gasteiger partial charge >= 0.3 is 0 Å². The zero-order valence-electron chi connectivity index (χ0n) is 11.6. The molecule has 0 saturated carbocycles. The monoisotopic (exact) mass is 237 g/mol. The van der Waals surface area contributed by atoms with Gasteiger partial charge < -0.3 is 5.11 Å². The van der Waals surface area contributed by atoms with Crippen LogP contribution in [0.15, 0.2) is 24.3 Å². The molecule has 0 radical (unpaired) electrons. The highest BCUT2D eigenvalue weighted by molar-refractivity contribution is 5.30.